The van der Waals surface area contributed by atoms with Crippen LogP contribution in [0, 0.1) is 11.8 Å². The lowest BCUT2D eigenvalue weighted by Gasteiger charge is -2.45. The van der Waals surface area contributed by atoms with E-state index in [0.29, 0.717) is 19.8 Å². The third-order valence-electron chi connectivity index (χ3n) is 16.7. The summed E-state index contributed by atoms with van der Waals surface area (Å²) < 4.78 is 51.4. The molecule has 2 saturated heterocycles. The molecule has 78 heavy (non-hydrogen) atoms. The smallest absolute Gasteiger partial charge is 0.224 e. The lowest BCUT2D eigenvalue weighted by molar-refractivity contribution is -0.239. The van der Waals surface area contributed by atoms with Gasteiger partial charge in [-0.1, -0.05) is 239 Å². The molecule has 2 unspecified atom stereocenters. The van der Waals surface area contributed by atoms with Crippen LogP contribution in [-0.2, 0) is 37.3 Å². The Morgan fingerprint density at radius 2 is 0.910 bits per heavy atom. The maximum absolute atomic E-state index is 6.83. The zero-order chi connectivity index (χ0) is 56.9. The summed E-state index contributed by atoms with van der Waals surface area (Å²) in [4.78, 5) is 5.46. The molecule has 2 aliphatic heterocycles. The first-order valence-electron chi connectivity index (χ1n) is 30.4. The minimum absolute atomic E-state index is 0. The number of unbranched alkanes of at least 4 members (excludes halogenated alkanes) is 14. The fourth-order valence-corrected chi connectivity index (χ4v) is 11.3. The van der Waals surface area contributed by atoms with Crippen LogP contribution < -0.4 is 5.73 Å². The molecule has 0 spiro atoms. The van der Waals surface area contributed by atoms with E-state index >= 15 is 0 Å². The predicted molar refractivity (Wildman–Crippen MR) is 335 cm³/mol. The van der Waals surface area contributed by atoms with Gasteiger partial charge in [0.25, 0.3) is 0 Å². The van der Waals surface area contributed by atoms with Crippen LogP contribution in [-0.4, -0.2) is 97.9 Å². The van der Waals surface area contributed by atoms with Gasteiger partial charge in [-0.3, -0.25) is 4.99 Å². The van der Waals surface area contributed by atoms with Gasteiger partial charge in [0.15, 0.2) is 16.6 Å². The number of hydrogen-bond donors (Lipinski definition) is 1. The minimum Gasteiger partial charge on any atom is -0.471 e. The second-order valence-corrected chi connectivity index (χ2v) is 34.7. The van der Waals surface area contributed by atoms with Gasteiger partial charge in [-0.15, -0.1) is 0 Å². The largest absolute Gasteiger partial charge is 0.471 e. The van der Waals surface area contributed by atoms with Crippen LogP contribution >= 0.6 is 0 Å². The summed E-state index contributed by atoms with van der Waals surface area (Å²) in [5.41, 5.74) is 9.58. The third kappa shape index (κ3) is 24.4. The van der Waals surface area contributed by atoms with Crippen molar-refractivity contribution in [1.82, 2.24) is 0 Å². The highest BCUT2D eigenvalue weighted by molar-refractivity contribution is 6.74. The molecule has 10 atom stereocenters. The Morgan fingerprint density at radius 3 is 1.31 bits per heavy atom. The number of allylic oxidation sites excluding steroid dienone is 2. The average Bonchev–Trinajstić information content (AvgIpc) is 3.39. The van der Waals surface area contributed by atoms with Gasteiger partial charge < -0.3 is 43.0 Å². The molecule has 10 nitrogen and oxygen atoms in total. The van der Waals surface area contributed by atoms with Gasteiger partial charge in [0.05, 0.1) is 61.9 Å². The quantitative estimate of drug-likeness (QED) is 0.0323. The first kappa shape index (κ1) is 71.4. The van der Waals surface area contributed by atoms with Crippen molar-refractivity contribution in [2.75, 3.05) is 26.4 Å². The monoisotopic (exact) mass is 1120 g/mol. The lowest BCUT2D eigenvalue weighted by atomic mass is 9.88. The molecule has 0 bridgehead atoms. The van der Waals surface area contributed by atoms with Gasteiger partial charge in [0, 0.05) is 36.2 Å². The number of benzene rings is 2. The van der Waals surface area contributed by atoms with E-state index < -0.39 is 29.2 Å². The van der Waals surface area contributed by atoms with Gasteiger partial charge in [-0.25, -0.2) is 0 Å². The normalized spacial score (nSPS) is 24.1. The summed E-state index contributed by atoms with van der Waals surface area (Å²) >= 11 is 0. The fourth-order valence-electron chi connectivity index (χ4n) is 9.32. The Morgan fingerprint density at radius 1 is 0.551 bits per heavy atom. The molecule has 2 aliphatic rings. The zero-order valence-electron chi connectivity index (χ0n) is 51.8. The lowest BCUT2D eigenvalue weighted by Crippen LogP contribution is -2.60. The number of nitrogens with two attached hydrogens (primary N) is 1. The van der Waals surface area contributed by atoms with Gasteiger partial charge in [-0.05, 0) is 63.0 Å². The molecule has 0 aliphatic carbocycles. The van der Waals surface area contributed by atoms with E-state index in [1.807, 2.05) is 38.1 Å². The van der Waals surface area contributed by atoms with E-state index in [0.717, 1.165) is 36.3 Å². The molecule has 0 aromatic heterocycles. The molecule has 2 N–H and O–H groups in total. The highest BCUT2D eigenvalue weighted by Gasteiger charge is 2.48. The summed E-state index contributed by atoms with van der Waals surface area (Å²) in [5, 5.41) is 0.278. The minimum atomic E-state index is -1.98. The second-order valence-electron chi connectivity index (χ2n) is 25.1. The van der Waals surface area contributed by atoms with Crippen molar-refractivity contribution < 1.29 is 37.3 Å². The number of ether oxygens (including phenoxy) is 6. The van der Waals surface area contributed by atoms with Crippen molar-refractivity contribution in [3.63, 3.8) is 0 Å². The van der Waals surface area contributed by atoms with Crippen LogP contribution in [0.4, 0.5) is 0 Å². The second kappa shape index (κ2) is 37.4. The van der Waals surface area contributed by atoms with Crippen molar-refractivity contribution in [3.05, 3.63) is 96.5 Å². The molecule has 2 aromatic rings. The van der Waals surface area contributed by atoms with Crippen LogP contribution in [0.1, 0.15) is 204 Å². The summed E-state index contributed by atoms with van der Waals surface area (Å²) in [7, 11) is -3.84. The maximum Gasteiger partial charge on any atom is 0.224 e. The Kier molecular flexibility index (Phi) is 34.3. The third-order valence-corrected chi connectivity index (χ3v) is 25.7. The van der Waals surface area contributed by atoms with E-state index in [1.54, 1.807) is 12.5 Å². The number of hydrogen-bond acceptors (Lipinski definition) is 10. The highest BCUT2D eigenvalue weighted by Crippen LogP contribution is 2.40. The van der Waals surface area contributed by atoms with E-state index in [9.17, 15) is 0 Å². The molecule has 12 heteroatoms. The first-order valence-corrected chi connectivity index (χ1v) is 36.2. The van der Waals surface area contributed by atoms with Crippen molar-refractivity contribution in [2.24, 2.45) is 22.6 Å². The van der Waals surface area contributed by atoms with E-state index in [2.05, 4.69) is 144 Å². The maximum atomic E-state index is 6.83. The molecular weight excluding hydrogens is 1000 g/mol. The van der Waals surface area contributed by atoms with Crippen LogP contribution in [0.5, 0.6) is 0 Å². The molecule has 0 saturated carbocycles. The first-order chi connectivity index (χ1) is 36.6. The van der Waals surface area contributed by atoms with Crippen LogP contribution in [0.3, 0.4) is 0 Å². The Bertz CT molecular complexity index is 1880. The number of nitrogens with zero attached hydrogens (tertiary/aromatic N) is 1. The van der Waals surface area contributed by atoms with Crippen LogP contribution in [0.25, 0.3) is 0 Å². The van der Waals surface area contributed by atoms with E-state index in [1.165, 1.54) is 89.9 Å². The fraction of sp³-hybridized carbons (Fsp3) is 0.742. The standard InChI is InChI=1S/C39H61NO4Si.C26H53NO4Si.CH4/c1-9-11-12-13-14-15-16-23-29-41-37-31(3)34(30-43-45(7,8)39(4,5)6)44-38(42-28-10-2)36(37)40-35(32-24-19-17-20-25-32)33-26-21-18-22-27-33;1-9-11-12-13-14-15-16-17-19-28-24-21(3)22(20-30-32(7,8)26(4,5)6)31-25(23(24)27)29-18-10-2;/h10,17-22,24-28,31,34,36-38H,9,11-16,23,29-30H2,1-8H3;10,18,21-25H,9,11-17,19-20,27H2,1-8H3;1H4/b28-10-;18-10-;/t31?,34-,36-,37+,38+;21?,22-,23-,24+,25+;/m11./s1. The van der Waals surface area contributed by atoms with Gasteiger partial charge >= 0.3 is 0 Å². The van der Waals surface area contributed by atoms with Gasteiger partial charge in [0.1, 0.15) is 6.04 Å². The molecule has 0 amide bonds. The van der Waals surface area contributed by atoms with Crippen LogP contribution in [0.2, 0.25) is 36.3 Å². The molecule has 448 valence electrons. The summed E-state index contributed by atoms with van der Waals surface area (Å²) in [5.74, 6) is 0.213. The molecule has 2 fully saturated rings. The van der Waals surface area contributed by atoms with Crippen molar-refractivity contribution in [2.45, 2.75) is 279 Å². The topological polar surface area (TPSA) is 112 Å². The van der Waals surface area contributed by atoms with E-state index in [4.69, 9.17) is 48.0 Å². The van der Waals surface area contributed by atoms with E-state index in [-0.39, 0.29) is 65.8 Å². The average molecular weight is 1120 g/mol. The Labute approximate surface area is 481 Å². The van der Waals surface area contributed by atoms with Crippen LogP contribution in [0.15, 0.2) is 90.3 Å². The summed E-state index contributed by atoms with van der Waals surface area (Å²) in [6.45, 7) is 38.1. The molecule has 0 radical (unpaired) electrons. The Balaban J connectivity index is 0.000000558. The molecule has 4 rings (SSSR count). The summed E-state index contributed by atoms with van der Waals surface area (Å²) in [6, 6.07) is 20.1. The zero-order valence-corrected chi connectivity index (χ0v) is 53.8. The molecule has 2 heterocycles. The van der Waals surface area contributed by atoms with Gasteiger partial charge in [0.2, 0.25) is 12.6 Å². The molecule has 2 aromatic carbocycles. The summed E-state index contributed by atoms with van der Waals surface area (Å²) in [6.07, 6.45) is 25.9. The highest BCUT2D eigenvalue weighted by atomic mass is 28.4. The Hall–Kier alpha value is -2.66. The predicted octanol–water partition coefficient (Wildman–Crippen LogP) is 17.8. The van der Waals surface area contributed by atoms with Gasteiger partial charge in [-0.2, -0.15) is 0 Å². The van der Waals surface area contributed by atoms with Crippen molar-refractivity contribution in [3.8, 4) is 0 Å². The SMILES string of the molecule is C.C/C=C\O[C@H]1O[C@H](CO[Si](C)(C)C(C)(C)C)C(C)[C@H](OCCCCCCCCCC)[C@H]1N.C/C=C\O[C@H]1O[C@H](CO[Si](C)(C)C(C)(C)C)C(C)[C@H](OCCCCCCCCCC)[C@H]1N=C(c1ccccc1)c1ccccc1. The number of aliphatic imine (C=N–C) groups is 1. The van der Waals surface area contributed by atoms with Crippen molar-refractivity contribution >= 4 is 22.3 Å². The van der Waals surface area contributed by atoms with Crippen molar-refractivity contribution in [1.29, 1.82) is 0 Å². The number of rotatable bonds is 33. The molecular formula is C66H118N2O8Si2.